The largest absolute Gasteiger partial charge is 0.370 e. The number of benzene rings is 2. The van der Waals surface area contributed by atoms with E-state index in [4.69, 9.17) is 16.9 Å². The van der Waals surface area contributed by atoms with Gasteiger partial charge in [-0.3, -0.25) is 48.7 Å². The second-order valence-electron chi connectivity index (χ2n) is 18.7. The van der Waals surface area contributed by atoms with Gasteiger partial charge >= 0.3 is 6.03 Å². The Hall–Kier alpha value is -7.61. The fourth-order valence-corrected chi connectivity index (χ4v) is 11.4. The number of amides is 10. The van der Waals surface area contributed by atoms with Crippen LogP contribution in [0.1, 0.15) is 69.7 Å². The highest BCUT2D eigenvalue weighted by molar-refractivity contribution is 8.76. The molecule has 408 valence electrons. The maximum Gasteiger partial charge on any atom is 0.325 e. The fourth-order valence-electron chi connectivity index (χ4n) is 8.84. The number of H-pyrrole nitrogens is 2. The van der Waals surface area contributed by atoms with Gasteiger partial charge in [0.05, 0.1) is 18.3 Å². The molecule has 15 N–H and O–H groups in total. The van der Waals surface area contributed by atoms with Crippen molar-refractivity contribution >= 4 is 91.7 Å². The van der Waals surface area contributed by atoms with Crippen LogP contribution in [0.5, 0.6) is 0 Å². The molecule has 9 atom stereocenters. The summed E-state index contributed by atoms with van der Waals surface area (Å²) in [5, 5.41) is 30.2. The second-order valence-corrected chi connectivity index (χ2v) is 21.3. The Bertz CT molecular complexity index is 2710. The van der Waals surface area contributed by atoms with E-state index in [2.05, 4.69) is 57.5 Å². The molecule has 24 nitrogen and oxygen atoms in total. The van der Waals surface area contributed by atoms with E-state index in [-0.39, 0.29) is 62.5 Å². The summed E-state index contributed by atoms with van der Waals surface area (Å²) in [4.78, 5) is 138. The molecule has 2 aliphatic heterocycles. The number of rotatable bonds is 16. The molecule has 0 aliphatic carbocycles. The molecule has 2 aliphatic rings. The highest BCUT2D eigenvalue weighted by atomic mass is 33.1. The lowest BCUT2D eigenvalue weighted by Gasteiger charge is -2.32. The van der Waals surface area contributed by atoms with Gasteiger partial charge in [-0.25, -0.2) is 9.78 Å². The van der Waals surface area contributed by atoms with E-state index in [0.29, 0.717) is 29.7 Å². The van der Waals surface area contributed by atoms with Crippen molar-refractivity contribution in [3.05, 3.63) is 90.1 Å². The number of carbonyl (C=O) groups is 9. The van der Waals surface area contributed by atoms with Crippen LogP contribution in [0.4, 0.5) is 4.79 Å². The molecule has 6 rings (SSSR count). The second kappa shape index (κ2) is 27.8. The summed E-state index contributed by atoms with van der Waals surface area (Å²) < 4.78 is 0. The number of imide groups is 1. The Kier molecular flexibility index (Phi) is 21.1. The van der Waals surface area contributed by atoms with Crippen molar-refractivity contribution in [1.29, 1.82) is 5.41 Å². The summed E-state index contributed by atoms with van der Waals surface area (Å²) in [6.45, 7) is 4.99. The van der Waals surface area contributed by atoms with E-state index >= 15 is 0 Å². The highest BCUT2D eigenvalue weighted by Gasteiger charge is 2.45. The maximum atomic E-state index is 14.7. The summed E-state index contributed by atoms with van der Waals surface area (Å²) in [7, 11) is 2.20. The van der Waals surface area contributed by atoms with Gasteiger partial charge in [0.15, 0.2) is 5.96 Å². The molecule has 4 aromatic rings. The third-order valence-corrected chi connectivity index (χ3v) is 15.5. The smallest absolute Gasteiger partial charge is 0.325 e. The molecule has 2 aromatic carbocycles. The molecule has 2 aromatic heterocycles. The van der Waals surface area contributed by atoms with Gasteiger partial charge in [0.25, 0.3) is 5.91 Å². The number of guanidine groups is 1. The molecule has 0 saturated carbocycles. The number of nitrogens with two attached hydrogens (primary N) is 2. The molecule has 0 spiro atoms. The van der Waals surface area contributed by atoms with Crippen LogP contribution >= 0.6 is 21.6 Å². The van der Waals surface area contributed by atoms with E-state index in [1.54, 1.807) is 36.5 Å². The van der Waals surface area contributed by atoms with E-state index < -0.39 is 108 Å². The minimum Gasteiger partial charge on any atom is -0.370 e. The standard InChI is InChI=1S/C50H67N15O9S2/c1-4-5-17-40(65-48(73)28(3)59-50(65)74)33-24-75-76-25-39(41(51)66)64-46(71)37(20-30-22-56-34-15-10-9-14-32(30)34)63-44(69)35(16-11-18-55-49(52)53)60-45(70)36(19-29-12-7-6-8-13-29)62-47(72)38(21-31-23-54-26-57-31)61-42(67)27(2)58-43(33)68/h6-10,12-15,22-23,26-28,33,35-40,56H,4-5,11,16-21,24-25H2,1-3H3,(H2,51,66)(H,54,57)(H,58,68)(H,59,74)(H,60,70)(H,61,67)(H,62,72)(H,63,69)(H,64,71)(H4,52,53,55)/t27-,28-,33-,35+,36-,37+,38+,39+,40+/m1/s1. The predicted molar refractivity (Wildman–Crippen MR) is 287 cm³/mol. The first-order valence-electron chi connectivity index (χ1n) is 25.1. The number of nitrogens with one attached hydrogen (secondary N) is 11. The van der Waals surface area contributed by atoms with Crippen molar-refractivity contribution in [3.8, 4) is 0 Å². The molecule has 76 heavy (non-hydrogen) atoms. The number of aromatic nitrogens is 3. The number of urea groups is 1. The molecular weight excluding hydrogens is 1020 g/mol. The van der Waals surface area contributed by atoms with Crippen LogP contribution in [0.2, 0.25) is 0 Å². The summed E-state index contributed by atoms with van der Waals surface area (Å²) in [6.07, 6.45) is 5.78. The molecule has 2 saturated heterocycles. The Morgan fingerprint density at radius 1 is 0.724 bits per heavy atom. The fraction of sp³-hybridized carbons (Fsp3) is 0.460. The van der Waals surface area contributed by atoms with Crippen LogP contribution in [0, 0.1) is 11.3 Å². The highest BCUT2D eigenvalue weighted by Crippen LogP contribution is 2.31. The third-order valence-electron chi connectivity index (χ3n) is 13.0. The number of hydrogen-bond donors (Lipinski definition) is 13. The van der Waals surface area contributed by atoms with Gasteiger partial charge in [-0.05, 0) is 50.3 Å². The van der Waals surface area contributed by atoms with Crippen molar-refractivity contribution in [2.24, 2.45) is 17.4 Å². The predicted octanol–water partition coefficient (Wildman–Crippen LogP) is 0.106. The number of para-hydroxylation sites is 1. The summed E-state index contributed by atoms with van der Waals surface area (Å²) >= 11 is 0. The Balaban J connectivity index is 1.40. The molecule has 2 fully saturated rings. The molecular formula is C50H67N15O9S2. The van der Waals surface area contributed by atoms with E-state index in [9.17, 15) is 43.2 Å². The average molecular weight is 1090 g/mol. The topological polar surface area (TPSA) is 373 Å². The van der Waals surface area contributed by atoms with E-state index in [0.717, 1.165) is 37.4 Å². The lowest BCUT2D eigenvalue weighted by Crippen LogP contribution is -2.60. The van der Waals surface area contributed by atoms with Crippen molar-refractivity contribution in [2.75, 3.05) is 18.1 Å². The monoisotopic (exact) mass is 1090 g/mol. The van der Waals surface area contributed by atoms with E-state index in [1.165, 1.54) is 26.4 Å². The third kappa shape index (κ3) is 16.0. The summed E-state index contributed by atoms with van der Waals surface area (Å²) in [5.41, 5.74) is 13.9. The first kappa shape index (κ1) is 57.7. The zero-order valence-corrected chi connectivity index (χ0v) is 44.1. The Morgan fingerprint density at radius 3 is 2.01 bits per heavy atom. The van der Waals surface area contributed by atoms with Crippen LogP contribution < -0.4 is 54.0 Å². The van der Waals surface area contributed by atoms with Crippen LogP contribution in [0.15, 0.2) is 73.3 Å². The van der Waals surface area contributed by atoms with Crippen LogP contribution in [0.25, 0.3) is 10.9 Å². The van der Waals surface area contributed by atoms with Gasteiger partial charge in [0.1, 0.15) is 42.3 Å². The first-order chi connectivity index (χ1) is 36.4. The van der Waals surface area contributed by atoms with E-state index in [1.807, 2.05) is 31.2 Å². The molecule has 4 heterocycles. The SMILES string of the molecule is CCCC[C@@H]([C@H]1CSSC[C@@H](C(N)=O)NC(=O)[C@H](Cc2c[nH]c3ccccc23)NC(=O)[C@H](CCCNC(=N)N)NC(=O)[C@@H](Cc2ccccc2)NC(=O)[C@H](Cc2cnc[nH]2)NC(=O)[C@@H](C)NC1=O)N1C(=O)N[C@H](C)C1=O. The normalized spacial score (nSPS) is 24.3. The van der Waals surface area contributed by atoms with Gasteiger partial charge in [-0.2, -0.15) is 0 Å². The number of hydrogen-bond acceptors (Lipinski definition) is 13. The zero-order valence-electron chi connectivity index (χ0n) is 42.4. The molecule has 0 bridgehead atoms. The van der Waals surface area contributed by atoms with Gasteiger partial charge < -0.3 is 64.0 Å². The zero-order chi connectivity index (χ0) is 54.9. The van der Waals surface area contributed by atoms with Gasteiger partial charge in [-0.15, -0.1) is 0 Å². The number of fused-ring (bicyclic) bond motifs is 1. The summed E-state index contributed by atoms with van der Waals surface area (Å²) in [6, 6.07) is 5.48. The number of carbonyl (C=O) groups excluding carboxylic acids is 9. The number of unbranched alkanes of at least 4 members (excludes halogenated alkanes) is 1. The Labute approximate surface area is 447 Å². The van der Waals surface area contributed by atoms with Crippen LogP contribution in [-0.4, -0.2) is 145 Å². The summed E-state index contributed by atoms with van der Waals surface area (Å²) in [5.74, 6) is -7.73. The molecule has 0 radical (unpaired) electrons. The van der Waals surface area contributed by atoms with Gasteiger partial charge in [-0.1, -0.05) is 89.9 Å². The lowest BCUT2D eigenvalue weighted by molar-refractivity contribution is -0.136. The van der Waals surface area contributed by atoms with Crippen LogP contribution in [-0.2, 0) is 57.6 Å². The molecule has 10 amide bonds. The lowest BCUT2D eigenvalue weighted by atomic mass is 9.93. The minimum atomic E-state index is -1.37. The van der Waals surface area contributed by atoms with Gasteiger partial charge in [0, 0.05) is 66.3 Å². The number of primary amides is 1. The molecule has 26 heteroatoms. The van der Waals surface area contributed by atoms with Gasteiger partial charge in [0.2, 0.25) is 41.4 Å². The molecule has 0 unspecified atom stereocenters. The van der Waals surface area contributed by atoms with Crippen LogP contribution in [0.3, 0.4) is 0 Å². The number of nitrogens with zero attached hydrogens (tertiary/aromatic N) is 2. The average Bonchev–Trinajstić information content (AvgIpc) is 4.13. The maximum absolute atomic E-state index is 14.7. The van der Waals surface area contributed by atoms with Crippen molar-refractivity contribution < 1.29 is 43.2 Å². The van der Waals surface area contributed by atoms with Crippen molar-refractivity contribution in [2.45, 2.75) is 120 Å². The quantitative estimate of drug-likeness (QED) is 0.0233. The Morgan fingerprint density at radius 2 is 1.36 bits per heavy atom. The number of aromatic amines is 2. The van der Waals surface area contributed by atoms with Crippen molar-refractivity contribution in [1.82, 2.24) is 62.4 Å². The minimum absolute atomic E-state index is 0.0406. The number of imidazole rings is 1. The van der Waals surface area contributed by atoms with Crippen molar-refractivity contribution in [3.63, 3.8) is 0 Å². The first-order valence-corrected chi connectivity index (χ1v) is 27.6.